The summed E-state index contributed by atoms with van der Waals surface area (Å²) in [4.78, 5) is 0. The molecule has 0 aliphatic rings. The molecule has 0 spiro atoms. The van der Waals surface area contributed by atoms with Crippen molar-refractivity contribution in [3.8, 4) is 0 Å². The van der Waals surface area contributed by atoms with Crippen molar-refractivity contribution < 1.29 is 0 Å². The molecule has 0 bridgehead atoms. The molecule has 2 rings (SSSR count). The molecule has 4 heteroatoms. The van der Waals surface area contributed by atoms with E-state index in [1.54, 1.807) is 4.52 Å². The topological polar surface area (TPSA) is 43.1 Å². The van der Waals surface area contributed by atoms with Crippen molar-refractivity contribution in [2.45, 2.75) is 19.8 Å². The summed E-state index contributed by atoms with van der Waals surface area (Å²) < 4.78 is 1.77. The van der Waals surface area contributed by atoms with Crippen molar-refractivity contribution in [2.24, 2.45) is 0 Å². The first-order chi connectivity index (χ1) is 5.79. The highest BCUT2D eigenvalue weighted by molar-refractivity contribution is 5.36. The van der Waals surface area contributed by atoms with Crippen molar-refractivity contribution in [3.63, 3.8) is 0 Å². The lowest BCUT2D eigenvalue weighted by atomic mass is 10.1. The maximum absolute atomic E-state index is 3.90. The number of aromatic nitrogens is 4. The van der Waals surface area contributed by atoms with Crippen LogP contribution < -0.4 is 0 Å². The maximum Gasteiger partial charge on any atom is 0.179 e. The van der Waals surface area contributed by atoms with Gasteiger partial charge in [-0.3, -0.25) is 0 Å². The monoisotopic (exact) mass is 162 g/mol. The first kappa shape index (κ1) is 7.21. The molecule has 0 amide bonds. The minimum atomic E-state index is 0.442. The van der Waals surface area contributed by atoms with Crippen LogP contribution in [0.25, 0.3) is 5.65 Å². The summed E-state index contributed by atoms with van der Waals surface area (Å²) in [6, 6.07) is 5.90. The first-order valence-electron chi connectivity index (χ1n) is 3.96. The van der Waals surface area contributed by atoms with Crippen LogP contribution in [0.2, 0.25) is 0 Å². The van der Waals surface area contributed by atoms with E-state index in [9.17, 15) is 0 Å². The molecule has 2 heterocycles. The number of pyridine rings is 1. The number of nitrogens with zero attached hydrogens (tertiary/aromatic N) is 4. The van der Waals surface area contributed by atoms with E-state index < -0.39 is 0 Å². The number of hydrogen-bond donors (Lipinski definition) is 0. The summed E-state index contributed by atoms with van der Waals surface area (Å²) in [6.07, 6.45) is 0. The van der Waals surface area contributed by atoms with Gasteiger partial charge in [0.2, 0.25) is 0 Å². The zero-order chi connectivity index (χ0) is 8.55. The lowest BCUT2D eigenvalue weighted by molar-refractivity contribution is 0.724. The van der Waals surface area contributed by atoms with Gasteiger partial charge in [-0.05, 0) is 28.5 Å². The Morgan fingerprint density at radius 1 is 1.33 bits per heavy atom. The van der Waals surface area contributed by atoms with Crippen LogP contribution >= 0.6 is 0 Å². The van der Waals surface area contributed by atoms with Crippen LogP contribution in [0.3, 0.4) is 0 Å². The lowest BCUT2D eigenvalue weighted by Crippen LogP contribution is -1.99. The van der Waals surface area contributed by atoms with Gasteiger partial charge in [0.1, 0.15) is 0 Å². The number of rotatable bonds is 1. The van der Waals surface area contributed by atoms with E-state index in [-0.39, 0.29) is 0 Å². The predicted molar refractivity (Wildman–Crippen MR) is 44.9 cm³/mol. The molecule has 0 aliphatic heterocycles. The molecule has 0 radical (unpaired) electrons. The fourth-order valence-electron chi connectivity index (χ4n) is 1.22. The third-order valence-corrected chi connectivity index (χ3v) is 1.84. The molecule has 0 saturated heterocycles. The van der Waals surface area contributed by atoms with Crippen LogP contribution in [0.1, 0.15) is 25.5 Å². The normalized spacial score (nSPS) is 11.2. The molecule has 0 fully saturated rings. The SMILES string of the molecule is CC(C)c1cccc2nnnn12. The van der Waals surface area contributed by atoms with Gasteiger partial charge in [0.25, 0.3) is 0 Å². The second kappa shape index (κ2) is 2.55. The molecule has 2 aromatic rings. The standard InChI is InChI=1S/C8H10N4/c1-6(2)7-4-3-5-8-9-10-11-12(7)8/h3-6H,1-2H3. The average Bonchev–Trinajstić information content (AvgIpc) is 2.49. The second-order valence-corrected chi connectivity index (χ2v) is 3.05. The molecule has 0 saturated carbocycles. The van der Waals surface area contributed by atoms with Crippen molar-refractivity contribution >= 4 is 5.65 Å². The largest absolute Gasteiger partial charge is 0.197 e. The Hall–Kier alpha value is -1.45. The summed E-state index contributed by atoms with van der Waals surface area (Å²) in [5, 5.41) is 11.4. The summed E-state index contributed by atoms with van der Waals surface area (Å²) in [6.45, 7) is 4.24. The summed E-state index contributed by atoms with van der Waals surface area (Å²) >= 11 is 0. The summed E-state index contributed by atoms with van der Waals surface area (Å²) in [7, 11) is 0. The highest BCUT2D eigenvalue weighted by Gasteiger charge is 2.05. The highest BCUT2D eigenvalue weighted by atomic mass is 15.5. The molecule has 0 unspecified atom stereocenters. The van der Waals surface area contributed by atoms with Gasteiger partial charge in [0.15, 0.2) is 5.65 Å². The maximum atomic E-state index is 3.90. The minimum Gasteiger partial charge on any atom is -0.197 e. The van der Waals surface area contributed by atoms with Gasteiger partial charge in [-0.1, -0.05) is 19.9 Å². The molecule has 2 aromatic heterocycles. The Labute approximate surface area is 70.2 Å². The smallest absolute Gasteiger partial charge is 0.179 e. The molecule has 0 atom stereocenters. The van der Waals surface area contributed by atoms with Gasteiger partial charge in [-0.2, -0.15) is 4.52 Å². The Balaban J connectivity index is 2.73. The fraction of sp³-hybridized carbons (Fsp3) is 0.375. The van der Waals surface area contributed by atoms with E-state index in [1.807, 2.05) is 18.2 Å². The molecule has 12 heavy (non-hydrogen) atoms. The Bertz CT molecular complexity index is 391. The molecule has 0 aromatic carbocycles. The van der Waals surface area contributed by atoms with Crippen LogP contribution in [0.15, 0.2) is 18.2 Å². The van der Waals surface area contributed by atoms with Crippen molar-refractivity contribution in [3.05, 3.63) is 23.9 Å². The fourth-order valence-corrected chi connectivity index (χ4v) is 1.22. The quantitative estimate of drug-likeness (QED) is 0.633. The van der Waals surface area contributed by atoms with Crippen LogP contribution in [-0.2, 0) is 0 Å². The molecule has 4 nitrogen and oxygen atoms in total. The van der Waals surface area contributed by atoms with Crippen molar-refractivity contribution in [1.29, 1.82) is 0 Å². The van der Waals surface area contributed by atoms with E-state index in [4.69, 9.17) is 0 Å². The molecular weight excluding hydrogens is 152 g/mol. The van der Waals surface area contributed by atoms with Gasteiger partial charge in [-0.25, -0.2) is 0 Å². The van der Waals surface area contributed by atoms with E-state index in [0.29, 0.717) is 5.92 Å². The third kappa shape index (κ3) is 0.958. The molecule has 0 aliphatic carbocycles. The van der Waals surface area contributed by atoms with Crippen molar-refractivity contribution in [2.75, 3.05) is 0 Å². The van der Waals surface area contributed by atoms with E-state index >= 15 is 0 Å². The lowest BCUT2D eigenvalue weighted by Gasteiger charge is -2.04. The van der Waals surface area contributed by atoms with Crippen LogP contribution in [0, 0.1) is 0 Å². The van der Waals surface area contributed by atoms with Gasteiger partial charge in [-0.15, -0.1) is 5.10 Å². The van der Waals surface area contributed by atoms with E-state index in [1.165, 1.54) is 0 Å². The van der Waals surface area contributed by atoms with Crippen LogP contribution in [0.5, 0.6) is 0 Å². The van der Waals surface area contributed by atoms with Crippen molar-refractivity contribution in [1.82, 2.24) is 20.0 Å². The molecular formula is C8H10N4. The van der Waals surface area contributed by atoms with Gasteiger partial charge in [0, 0.05) is 5.69 Å². The minimum absolute atomic E-state index is 0.442. The van der Waals surface area contributed by atoms with Gasteiger partial charge in [0.05, 0.1) is 0 Å². The van der Waals surface area contributed by atoms with Crippen LogP contribution in [-0.4, -0.2) is 20.0 Å². The number of fused-ring (bicyclic) bond motifs is 1. The first-order valence-corrected chi connectivity index (χ1v) is 3.96. The van der Waals surface area contributed by atoms with E-state index in [0.717, 1.165) is 11.3 Å². The zero-order valence-electron chi connectivity index (χ0n) is 7.10. The number of tetrazole rings is 1. The van der Waals surface area contributed by atoms with Crippen LogP contribution in [0.4, 0.5) is 0 Å². The highest BCUT2D eigenvalue weighted by Crippen LogP contribution is 2.13. The Morgan fingerprint density at radius 2 is 2.17 bits per heavy atom. The predicted octanol–water partition coefficient (Wildman–Crippen LogP) is 1.25. The summed E-state index contributed by atoms with van der Waals surface area (Å²) in [5.41, 5.74) is 1.94. The second-order valence-electron chi connectivity index (χ2n) is 3.05. The zero-order valence-corrected chi connectivity index (χ0v) is 7.10. The Kier molecular flexibility index (Phi) is 1.53. The van der Waals surface area contributed by atoms with Gasteiger partial charge >= 0.3 is 0 Å². The van der Waals surface area contributed by atoms with Gasteiger partial charge < -0.3 is 0 Å². The average molecular weight is 162 g/mol. The molecule has 62 valence electrons. The Morgan fingerprint density at radius 3 is 2.92 bits per heavy atom. The number of hydrogen-bond acceptors (Lipinski definition) is 3. The van der Waals surface area contributed by atoms with E-state index in [2.05, 4.69) is 29.4 Å². The molecule has 0 N–H and O–H groups in total. The third-order valence-electron chi connectivity index (χ3n) is 1.84. The summed E-state index contributed by atoms with van der Waals surface area (Å²) in [5.74, 6) is 0.442.